The molecule has 1 atom stereocenters. The molecule has 1 amide bonds. The Morgan fingerprint density at radius 3 is 2.94 bits per heavy atom. The van der Waals surface area contributed by atoms with Gasteiger partial charge in [-0.1, -0.05) is 18.2 Å². The molecule has 0 aromatic heterocycles. The molecule has 16 heavy (non-hydrogen) atoms. The number of hydrogen-bond acceptors (Lipinski definition) is 3. The van der Waals surface area contributed by atoms with Crippen molar-refractivity contribution in [3.8, 4) is 0 Å². The fraction of sp³-hybridized carbons (Fsp3) is 0.250. The molecule has 0 saturated heterocycles. The number of thioether (sulfide) groups is 1. The summed E-state index contributed by atoms with van der Waals surface area (Å²) in [5.74, 6) is 0.636. The van der Waals surface area contributed by atoms with Crippen molar-refractivity contribution >= 4 is 23.4 Å². The van der Waals surface area contributed by atoms with Crippen molar-refractivity contribution in [2.24, 2.45) is 5.73 Å². The predicted octanol–water partition coefficient (Wildman–Crippen LogP) is 2.25. The van der Waals surface area contributed by atoms with Gasteiger partial charge in [-0.2, -0.15) is 0 Å². The van der Waals surface area contributed by atoms with E-state index in [2.05, 4.69) is 11.9 Å². The Kier molecular flexibility index (Phi) is 5.08. The normalized spacial score (nSPS) is 11.9. The highest BCUT2D eigenvalue weighted by Gasteiger charge is 2.09. The zero-order valence-electron chi connectivity index (χ0n) is 9.27. The van der Waals surface area contributed by atoms with Crippen LogP contribution in [0.4, 0.5) is 5.69 Å². The van der Waals surface area contributed by atoms with E-state index in [0.717, 1.165) is 16.3 Å². The Labute approximate surface area is 100 Å². The van der Waals surface area contributed by atoms with Gasteiger partial charge in [0.1, 0.15) is 0 Å². The molecular formula is C12H16N2OS. The van der Waals surface area contributed by atoms with Gasteiger partial charge in [-0.3, -0.25) is 4.79 Å². The monoisotopic (exact) mass is 236 g/mol. The van der Waals surface area contributed by atoms with Gasteiger partial charge in [-0.25, -0.2) is 0 Å². The zero-order valence-corrected chi connectivity index (χ0v) is 10.1. The molecule has 0 radical (unpaired) electrons. The molecule has 1 aromatic rings. The number of benzene rings is 1. The van der Waals surface area contributed by atoms with Gasteiger partial charge in [0.2, 0.25) is 5.91 Å². The van der Waals surface area contributed by atoms with Crippen molar-refractivity contribution in [1.82, 2.24) is 0 Å². The van der Waals surface area contributed by atoms with E-state index in [-0.39, 0.29) is 5.91 Å². The van der Waals surface area contributed by atoms with Gasteiger partial charge in [0.15, 0.2) is 0 Å². The number of nitrogens with one attached hydrogen (secondary N) is 1. The minimum Gasteiger partial charge on any atom is -0.324 e. The summed E-state index contributed by atoms with van der Waals surface area (Å²) in [5.41, 5.74) is 6.30. The van der Waals surface area contributed by atoms with Crippen LogP contribution in [-0.2, 0) is 4.79 Å². The van der Waals surface area contributed by atoms with E-state index >= 15 is 0 Å². The Morgan fingerprint density at radius 1 is 1.62 bits per heavy atom. The molecule has 1 rings (SSSR count). The average Bonchev–Trinajstić information content (AvgIpc) is 2.27. The summed E-state index contributed by atoms with van der Waals surface area (Å²) in [4.78, 5) is 12.5. The number of amides is 1. The first kappa shape index (κ1) is 12.8. The second-order valence-corrected chi connectivity index (χ2v) is 4.44. The molecule has 0 fully saturated rings. The van der Waals surface area contributed by atoms with Crippen LogP contribution < -0.4 is 11.1 Å². The van der Waals surface area contributed by atoms with Crippen LogP contribution in [-0.4, -0.2) is 17.7 Å². The first-order valence-corrected chi connectivity index (χ1v) is 6.03. The van der Waals surface area contributed by atoms with E-state index in [1.165, 1.54) is 0 Å². The Bertz CT molecular complexity index is 377. The third kappa shape index (κ3) is 3.72. The van der Waals surface area contributed by atoms with Gasteiger partial charge in [0.05, 0.1) is 11.7 Å². The maximum Gasteiger partial charge on any atom is 0.241 e. The molecule has 0 saturated carbocycles. The van der Waals surface area contributed by atoms with Crippen LogP contribution in [0.3, 0.4) is 0 Å². The Hall–Kier alpha value is -1.26. The van der Waals surface area contributed by atoms with E-state index in [0.29, 0.717) is 0 Å². The van der Waals surface area contributed by atoms with Crippen molar-refractivity contribution in [2.75, 3.05) is 11.1 Å². The molecule has 4 heteroatoms. The predicted molar refractivity (Wildman–Crippen MR) is 69.6 cm³/mol. The molecule has 0 aliphatic heterocycles. The SMILES string of the molecule is C=CCSc1ccccc1NC(=O)[C@H](C)N. The number of carbonyl (C=O) groups is 1. The number of nitrogens with two attached hydrogens (primary N) is 1. The van der Waals surface area contributed by atoms with Crippen molar-refractivity contribution in [3.63, 3.8) is 0 Å². The average molecular weight is 236 g/mol. The van der Waals surface area contributed by atoms with Crippen LogP contribution in [0.1, 0.15) is 6.92 Å². The van der Waals surface area contributed by atoms with Crippen molar-refractivity contribution in [3.05, 3.63) is 36.9 Å². The summed E-state index contributed by atoms with van der Waals surface area (Å²) in [6.07, 6.45) is 1.83. The zero-order chi connectivity index (χ0) is 12.0. The third-order valence-corrected chi connectivity index (χ3v) is 2.98. The largest absolute Gasteiger partial charge is 0.324 e. The first-order chi connectivity index (χ1) is 7.65. The molecule has 3 N–H and O–H groups in total. The van der Waals surface area contributed by atoms with E-state index in [9.17, 15) is 4.79 Å². The second kappa shape index (κ2) is 6.35. The highest BCUT2D eigenvalue weighted by atomic mass is 32.2. The summed E-state index contributed by atoms with van der Waals surface area (Å²) in [6.45, 7) is 5.33. The summed E-state index contributed by atoms with van der Waals surface area (Å²) in [5, 5.41) is 2.80. The van der Waals surface area contributed by atoms with Crippen molar-refractivity contribution in [1.29, 1.82) is 0 Å². The number of anilines is 1. The number of hydrogen-bond donors (Lipinski definition) is 2. The molecule has 0 heterocycles. The van der Waals surface area contributed by atoms with Crippen molar-refractivity contribution in [2.45, 2.75) is 17.9 Å². The lowest BCUT2D eigenvalue weighted by Gasteiger charge is -2.11. The van der Waals surface area contributed by atoms with Crippen LogP contribution in [0.25, 0.3) is 0 Å². The first-order valence-electron chi connectivity index (χ1n) is 5.04. The van der Waals surface area contributed by atoms with Gasteiger partial charge in [-0.05, 0) is 19.1 Å². The maximum atomic E-state index is 11.5. The summed E-state index contributed by atoms with van der Waals surface area (Å²) in [6, 6.07) is 7.15. The molecule has 1 aromatic carbocycles. The van der Waals surface area contributed by atoms with E-state index in [1.54, 1.807) is 18.7 Å². The smallest absolute Gasteiger partial charge is 0.241 e. The van der Waals surface area contributed by atoms with E-state index in [1.807, 2.05) is 30.3 Å². The quantitative estimate of drug-likeness (QED) is 0.609. The second-order valence-electron chi connectivity index (χ2n) is 3.37. The van der Waals surface area contributed by atoms with Gasteiger partial charge >= 0.3 is 0 Å². The highest BCUT2D eigenvalue weighted by molar-refractivity contribution is 7.99. The number of rotatable bonds is 5. The Morgan fingerprint density at radius 2 is 2.31 bits per heavy atom. The standard InChI is InChI=1S/C12H16N2OS/c1-3-8-16-11-7-5-4-6-10(11)14-12(15)9(2)13/h3-7,9H,1,8,13H2,2H3,(H,14,15)/t9-/m0/s1. The summed E-state index contributed by atoms with van der Waals surface area (Å²) < 4.78 is 0. The minimum atomic E-state index is -0.502. The fourth-order valence-electron chi connectivity index (χ4n) is 1.09. The van der Waals surface area contributed by atoms with Crippen LogP contribution in [0, 0.1) is 0 Å². The molecular weight excluding hydrogens is 220 g/mol. The Balaban J connectivity index is 2.78. The van der Waals surface area contributed by atoms with E-state index in [4.69, 9.17) is 5.73 Å². The lowest BCUT2D eigenvalue weighted by molar-refractivity contribution is -0.117. The molecule has 0 aliphatic rings. The molecule has 3 nitrogen and oxygen atoms in total. The molecule has 0 unspecified atom stereocenters. The van der Waals surface area contributed by atoms with Crippen LogP contribution >= 0.6 is 11.8 Å². The molecule has 86 valence electrons. The highest BCUT2D eigenvalue weighted by Crippen LogP contribution is 2.26. The summed E-state index contributed by atoms with van der Waals surface area (Å²) in [7, 11) is 0. The van der Waals surface area contributed by atoms with Gasteiger partial charge in [0.25, 0.3) is 0 Å². The molecule has 0 bridgehead atoms. The fourth-order valence-corrected chi connectivity index (χ4v) is 1.84. The van der Waals surface area contributed by atoms with Crippen LogP contribution in [0.5, 0.6) is 0 Å². The van der Waals surface area contributed by atoms with Crippen molar-refractivity contribution < 1.29 is 4.79 Å². The van der Waals surface area contributed by atoms with Crippen LogP contribution in [0.15, 0.2) is 41.8 Å². The lowest BCUT2D eigenvalue weighted by Crippen LogP contribution is -2.32. The number of carbonyl (C=O) groups excluding carboxylic acids is 1. The van der Waals surface area contributed by atoms with E-state index < -0.39 is 6.04 Å². The van der Waals surface area contributed by atoms with Gasteiger partial charge in [-0.15, -0.1) is 18.3 Å². The maximum absolute atomic E-state index is 11.5. The topological polar surface area (TPSA) is 55.1 Å². The lowest BCUT2D eigenvalue weighted by atomic mass is 10.3. The van der Waals surface area contributed by atoms with Crippen LogP contribution in [0.2, 0.25) is 0 Å². The molecule has 0 spiro atoms. The minimum absolute atomic E-state index is 0.174. The molecule has 0 aliphatic carbocycles. The summed E-state index contributed by atoms with van der Waals surface area (Å²) >= 11 is 1.63. The number of para-hydroxylation sites is 1. The van der Waals surface area contributed by atoms with Gasteiger partial charge in [0, 0.05) is 10.6 Å². The third-order valence-electron chi connectivity index (χ3n) is 1.92. The van der Waals surface area contributed by atoms with Gasteiger partial charge < -0.3 is 11.1 Å².